The Morgan fingerprint density at radius 1 is 0.737 bits per heavy atom. The Morgan fingerprint density at radius 2 is 1.21 bits per heavy atom. The number of ether oxygens (including phenoxy) is 3. The van der Waals surface area contributed by atoms with Gasteiger partial charge in [0, 0.05) is 12.1 Å². The van der Waals surface area contributed by atoms with Crippen LogP contribution in [-0.2, 0) is 14.2 Å². The van der Waals surface area contributed by atoms with Gasteiger partial charge in [0.1, 0.15) is 0 Å². The third-order valence-electron chi connectivity index (χ3n) is 7.48. The highest BCUT2D eigenvalue weighted by Gasteiger charge is 2.40. The van der Waals surface area contributed by atoms with Crippen LogP contribution in [0.2, 0.25) is 0 Å². The molecule has 0 aliphatic carbocycles. The molecule has 0 aromatic carbocycles. The summed E-state index contributed by atoms with van der Waals surface area (Å²) >= 11 is 0. The van der Waals surface area contributed by atoms with Crippen molar-refractivity contribution in [3.8, 4) is 0 Å². The predicted octanol–water partition coefficient (Wildman–Crippen LogP) is 9.97. The number of carbonyl (C=O) groups excluding carboxylic acids is 1. The first-order valence-corrected chi connectivity index (χ1v) is 16.1. The van der Waals surface area contributed by atoms with Crippen molar-refractivity contribution in [2.75, 3.05) is 6.61 Å². The van der Waals surface area contributed by atoms with Gasteiger partial charge in [0.2, 0.25) is 0 Å². The Hall–Kier alpha value is -1.07. The highest BCUT2D eigenvalue weighted by Crippen LogP contribution is 2.33. The van der Waals surface area contributed by atoms with E-state index in [9.17, 15) is 4.79 Å². The maximum absolute atomic E-state index is 12.3. The number of rotatable bonds is 22. The third kappa shape index (κ3) is 16.1. The molecule has 5 heteroatoms. The Labute approximate surface area is 236 Å². The highest BCUT2D eigenvalue weighted by molar-refractivity contribution is 5.68. The molecule has 0 bridgehead atoms. The van der Waals surface area contributed by atoms with Crippen molar-refractivity contribution < 1.29 is 19.0 Å². The molecular weight excluding hydrogens is 474 g/mol. The first-order chi connectivity index (χ1) is 18.2. The van der Waals surface area contributed by atoms with Crippen LogP contribution in [0, 0.1) is 0 Å². The number of unbranched alkanes of at least 4 members (excludes halogenated alkanes) is 12. The number of nitrogens with zero attached hydrogens (tertiary/aromatic N) is 1. The van der Waals surface area contributed by atoms with Crippen molar-refractivity contribution in [1.82, 2.24) is 4.90 Å². The molecule has 0 unspecified atom stereocenters. The van der Waals surface area contributed by atoms with Gasteiger partial charge in [-0.05, 0) is 73.6 Å². The normalized spacial score (nSPS) is 19.2. The molecule has 1 amide bonds. The molecule has 0 saturated carbocycles. The van der Waals surface area contributed by atoms with Crippen LogP contribution in [0.4, 0.5) is 4.79 Å². The lowest BCUT2D eigenvalue weighted by atomic mass is 10.0. The standard InChI is InChI=1S/C33H63NO4/c1-8-9-10-11-12-13-14-15-16-17-19-22-25-30-31(38-33(6,7)37-30)26-23-20-18-21-24-27-36-32(35)34(28(2)3)29(4)5/h18,20,28-31H,8-17,19,21-27H2,1-7H3/b20-18+/t30-,31-/m1/s1. The van der Waals surface area contributed by atoms with E-state index in [0.29, 0.717) is 6.61 Å². The largest absolute Gasteiger partial charge is 0.449 e. The predicted molar refractivity (Wildman–Crippen MR) is 161 cm³/mol. The fourth-order valence-electron chi connectivity index (χ4n) is 5.53. The van der Waals surface area contributed by atoms with Crippen LogP contribution < -0.4 is 0 Å². The molecule has 5 nitrogen and oxygen atoms in total. The molecule has 1 saturated heterocycles. The smallest absolute Gasteiger partial charge is 0.410 e. The van der Waals surface area contributed by atoms with Crippen LogP contribution >= 0.6 is 0 Å². The summed E-state index contributed by atoms with van der Waals surface area (Å²) in [6, 6.07) is 0.301. The van der Waals surface area contributed by atoms with Gasteiger partial charge in [0.05, 0.1) is 18.8 Å². The molecule has 38 heavy (non-hydrogen) atoms. The fraction of sp³-hybridized carbons (Fsp3) is 0.909. The van der Waals surface area contributed by atoms with Crippen molar-refractivity contribution in [2.24, 2.45) is 0 Å². The molecule has 1 heterocycles. The summed E-state index contributed by atoms with van der Waals surface area (Å²) in [5.41, 5.74) is 0. The van der Waals surface area contributed by atoms with Gasteiger partial charge in [-0.1, -0.05) is 96.1 Å². The van der Waals surface area contributed by atoms with E-state index in [-0.39, 0.29) is 30.4 Å². The Morgan fingerprint density at radius 3 is 1.74 bits per heavy atom. The number of carbonyl (C=O) groups is 1. The van der Waals surface area contributed by atoms with E-state index in [1.165, 1.54) is 77.0 Å². The van der Waals surface area contributed by atoms with Crippen LogP contribution in [0.25, 0.3) is 0 Å². The van der Waals surface area contributed by atoms with Gasteiger partial charge in [0.25, 0.3) is 0 Å². The lowest BCUT2D eigenvalue weighted by Crippen LogP contribution is -2.42. The topological polar surface area (TPSA) is 48.0 Å². The number of hydrogen-bond donors (Lipinski definition) is 0. The van der Waals surface area contributed by atoms with Gasteiger partial charge in [-0.2, -0.15) is 0 Å². The lowest BCUT2D eigenvalue weighted by molar-refractivity contribution is -0.147. The van der Waals surface area contributed by atoms with Gasteiger partial charge in [-0.15, -0.1) is 0 Å². The molecule has 1 aliphatic rings. The summed E-state index contributed by atoms with van der Waals surface area (Å²) < 4.78 is 17.9. The summed E-state index contributed by atoms with van der Waals surface area (Å²) in [7, 11) is 0. The quantitative estimate of drug-likeness (QED) is 0.102. The molecule has 0 spiro atoms. The van der Waals surface area contributed by atoms with E-state index in [1.807, 2.05) is 41.5 Å². The van der Waals surface area contributed by atoms with Crippen molar-refractivity contribution in [3.63, 3.8) is 0 Å². The molecular formula is C33H63NO4. The van der Waals surface area contributed by atoms with Gasteiger partial charge in [-0.3, -0.25) is 0 Å². The van der Waals surface area contributed by atoms with E-state index < -0.39 is 5.79 Å². The zero-order valence-corrected chi connectivity index (χ0v) is 26.3. The SMILES string of the molecule is CCCCCCCCCCCCCC[C@H]1OC(C)(C)O[C@@H]1CC/C=C/CCCOC(=O)N(C(C)C)C(C)C. The number of hydrogen-bond acceptors (Lipinski definition) is 4. The highest BCUT2D eigenvalue weighted by atomic mass is 16.7. The molecule has 1 rings (SSSR count). The fourth-order valence-corrected chi connectivity index (χ4v) is 5.53. The van der Waals surface area contributed by atoms with Crippen molar-refractivity contribution in [1.29, 1.82) is 0 Å². The summed E-state index contributed by atoms with van der Waals surface area (Å²) in [6.07, 6.45) is 26.0. The number of amides is 1. The molecule has 0 radical (unpaired) electrons. The average Bonchev–Trinajstić information content (AvgIpc) is 3.14. The van der Waals surface area contributed by atoms with Gasteiger partial charge in [0.15, 0.2) is 5.79 Å². The first kappa shape index (κ1) is 35.0. The second-order valence-corrected chi connectivity index (χ2v) is 12.3. The van der Waals surface area contributed by atoms with Crippen LogP contribution in [0.3, 0.4) is 0 Å². The third-order valence-corrected chi connectivity index (χ3v) is 7.48. The average molecular weight is 538 g/mol. The zero-order valence-electron chi connectivity index (χ0n) is 26.3. The van der Waals surface area contributed by atoms with Crippen LogP contribution in [-0.4, -0.2) is 47.7 Å². The lowest BCUT2D eigenvalue weighted by Gasteiger charge is -2.29. The van der Waals surface area contributed by atoms with Crippen molar-refractivity contribution >= 4 is 6.09 Å². The minimum atomic E-state index is -0.472. The summed E-state index contributed by atoms with van der Waals surface area (Å²) in [5.74, 6) is -0.472. The van der Waals surface area contributed by atoms with Crippen molar-refractivity contribution in [3.05, 3.63) is 12.2 Å². The number of allylic oxidation sites excluding steroid dienone is 2. The molecule has 0 N–H and O–H groups in total. The van der Waals surface area contributed by atoms with Crippen LogP contribution in [0.5, 0.6) is 0 Å². The molecule has 0 aromatic rings. The Kier molecular flexibility index (Phi) is 19.1. The second kappa shape index (κ2) is 20.8. The molecule has 2 atom stereocenters. The monoisotopic (exact) mass is 537 g/mol. The Bertz CT molecular complexity index is 608. The van der Waals surface area contributed by atoms with Gasteiger partial charge < -0.3 is 19.1 Å². The van der Waals surface area contributed by atoms with E-state index >= 15 is 0 Å². The molecule has 1 aliphatic heterocycles. The van der Waals surface area contributed by atoms with E-state index in [0.717, 1.165) is 32.1 Å². The zero-order chi connectivity index (χ0) is 28.2. The summed E-state index contributed by atoms with van der Waals surface area (Å²) in [4.78, 5) is 14.0. The minimum absolute atomic E-state index is 0.151. The van der Waals surface area contributed by atoms with Crippen LogP contribution in [0.15, 0.2) is 12.2 Å². The maximum atomic E-state index is 12.3. The van der Waals surface area contributed by atoms with Crippen molar-refractivity contribution in [2.45, 2.75) is 188 Å². The van der Waals surface area contributed by atoms with E-state index in [4.69, 9.17) is 14.2 Å². The van der Waals surface area contributed by atoms with Crippen LogP contribution in [0.1, 0.15) is 158 Å². The first-order valence-electron chi connectivity index (χ1n) is 16.1. The van der Waals surface area contributed by atoms with Gasteiger partial charge >= 0.3 is 6.09 Å². The van der Waals surface area contributed by atoms with Gasteiger partial charge in [-0.25, -0.2) is 4.79 Å². The maximum Gasteiger partial charge on any atom is 0.410 e. The molecule has 0 aromatic heterocycles. The summed E-state index contributed by atoms with van der Waals surface area (Å²) in [5, 5.41) is 0. The Balaban J connectivity index is 2.14. The minimum Gasteiger partial charge on any atom is -0.449 e. The second-order valence-electron chi connectivity index (χ2n) is 12.3. The van der Waals surface area contributed by atoms with E-state index in [2.05, 4.69) is 19.1 Å². The summed E-state index contributed by atoms with van der Waals surface area (Å²) in [6.45, 7) is 14.9. The molecule has 1 fully saturated rings. The van der Waals surface area contributed by atoms with E-state index in [1.54, 1.807) is 4.90 Å². The molecule has 224 valence electrons.